The largest absolute Gasteiger partial charge is 0.371 e. The lowest BCUT2D eigenvalue weighted by atomic mass is 10.3. The first kappa shape index (κ1) is 11.1. The van der Waals surface area contributed by atoms with Gasteiger partial charge in [-0.3, -0.25) is 0 Å². The minimum Gasteiger partial charge on any atom is -0.371 e. The van der Waals surface area contributed by atoms with Gasteiger partial charge < -0.3 is 9.88 Å². The molecule has 1 N–H and O–H groups in total. The molecule has 1 aliphatic carbocycles. The lowest BCUT2D eigenvalue weighted by Gasteiger charge is -2.09. The van der Waals surface area contributed by atoms with Gasteiger partial charge in [0.2, 0.25) is 0 Å². The smallest absolute Gasteiger partial charge is 0.186 e. The number of hydrogen-bond acceptors (Lipinski definition) is 4. The fourth-order valence-corrected chi connectivity index (χ4v) is 1.96. The highest BCUT2D eigenvalue weighted by Crippen LogP contribution is 2.37. The summed E-state index contributed by atoms with van der Waals surface area (Å²) < 4.78 is 15.7. The molecule has 0 atom stereocenters. The molecule has 94 valence electrons. The second kappa shape index (κ2) is 4.04. The number of aryl methyl sites for hydroxylation is 1. The molecule has 2 aromatic rings. The summed E-state index contributed by atoms with van der Waals surface area (Å²) in [6, 6.07) is 0.495. The van der Waals surface area contributed by atoms with Crippen molar-refractivity contribution in [3.8, 4) is 11.5 Å². The highest BCUT2D eigenvalue weighted by atomic mass is 19.1. The maximum atomic E-state index is 13.7. The molecular formula is C12H14FN5. The van der Waals surface area contributed by atoms with Crippen molar-refractivity contribution in [2.45, 2.75) is 25.8 Å². The second-order valence-electron chi connectivity index (χ2n) is 4.46. The number of nitrogens with one attached hydrogen (secondary N) is 1. The van der Waals surface area contributed by atoms with Crippen LogP contribution in [0, 0.1) is 12.7 Å². The number of hydrogen-bond donors (Lipinski definition) is 1. The summed E-state index contributed by atoms with van der Waals surface area (Å²) in [6.45, 7) is 1.64. The van der Waals surface area contributed by atoms with Crippen molar-refractivity contribution in [2.75, 3.05) is 12.4 Å². The third kappa shape index (κ3) is 1.73. The van der Waals surface area contributed by atoms with Crippen LogP contribution in [-0.4, -0.2) is 26.6 Å². The Balaban J connectivity index is 2.10. The van der Waals surface area contributed by atoms with Gasteiger partial charge in [-0.05, 0) is 19.8 Å². The van der Waals surface area contributed by atoms with E-state index in [0.29, 0.717) is 17.6 Å². The van der Waals surface area contributed by atoms with Gasteiger partial charge in [-0.1, -0.05) is 0 Å². The Morgan fingerprint density at radius 2 is 2.17 bits per heavy atom. The van der Waals surface area contributed by atoms with E-state index in [1.807, 2.05) is 0 Å². The molecule has 0 aliphatic heterocycles. The van der Waals surface area contributed by atoms with Crippen molar-refractivity contribution in [2.24, 2.45) is 0 Å². The standard InChI is InChI=1S/C12H14FN5/c1-7-10(13)12(14-2)17-11(16-7)9-5-15-6-18(9)8-3-4-8/h5-6,8H,3-4H2,1-2H3,(H,14,16,17). The van der Waals surface area contributed by atoms with Gasteiger partial charge in [-0.2, -0.15) is 0 Å². The quantitative estimate of drug-likeness (QED) is 0.903. The maximum Gasteiger partial charge on any atom is 0.186 e. The van der Waals surface area contributed by atoms with Crippen molar-refractivity contribution >= 4 is 5.82 Å². The van der Waals surface area contributed by atoms with E-state index in [1.54, 1.807) is 26.5 Å². The summed E-state index contributed by atoms with van der Waals surface area (Å²) >= 11 is 0. The minimum atomic E-state index is -0.404. The predicted molar refractivity (Wildman–Crippen MR) is 65.8 cm³/mol. The van der Waals surface area contributed by atoms with E-state index in [2.05, 4.69) is 24.8 Å². The number of aromatic nitrogens is 4. The molecular weight excluding hydrogens is 233 g/mol. The highest BCUT2D eigenvalue weighted by molar-refractivity contribution is 5.53. The van der Waals surface area contributed by atoms with Crippen molar-refractivity contribution in [1.29, 1.82) is 0 Å². The molecule has 0 saturated heterocycles. The van der Waals surface area contributed by atoms with Gasteiger partial charge in [0.1, 0.15) is 5.69 Å². The van der Waals surface area contributed by atoms with Gasteiger partial charge in [0.05, 0.1) is 18.2 Å². The number of rotatable bonds is 3. The molecule has 0 unspecified atom stereocenters. The van der Waals surface area contributed by atoms with Crippen LogP contribution in [0.25, 0.3) is 11.5 Å². The van der Waals surface area contributed by atoms with E-state index in [9.17, 15) is 4.39 Å². The lowest BCUT2D eigenvalue weighted by molar-refractivity contribution is 0.606. The first-order valence-corrected chi connectivity index (χ1v) is 5.94. The Bertz CT molecular complexity index is 588. The normalized spacial score (nSPS) is 14.8. The zero-order valence-electron chi connectivity index (χ0n) is 10.3. The Morgan fingerprint density at radius 1 is 1.39 bits per heavy atom. The molecule has 3 rings (SSSR count). The number of imidazole rings is 1. The van der Waals surface area contributed by atoms with Crippen molar-refractivity contribution < 1.29 is 4.39 Å². The van der Waals surface area contributed by atoms with Crippen LogP contribution in [0.5, 0.6) is 0 Å². The lowest BCUT2D eigenvalue weighted by Crippen LogP contribution is -2.05. The summed E-state index contributed by atoms with van der Waals surface area (Å²) in [7, 11) is 1.65. The zero-order chi connectivity index (χ0) is 12.7. The molecule has 0 bridgehead atoms. The van der Waals surface area contributed by atoms with E-state index < -0.39 is 5.82 Å². The molecule has 5 nitrogen and oxygen atoms in total. The van der Waals surface area contributed by atoms with Crippen LogP contribution in [0.1, 0.15) is 24.6 Å². The SMILES string of the molecule is CNc1nc(-c2cncn2C2CC2)nc(C)c1F. The van der Waals surface area contributed by atoms with E-state index in [1.165, 1.54) is 0 Å². The minimum absolute atomic E-state index is 0.223. The van der Waals surface area contributed by atoms with Crippen molar-refractivity contribution in [3.05, 3.63) is 24.0 Å². The van der Waals surface area contributed by atoms with E-state index in [-0.39, 0.29) is 5.82 Å². The molecule has 0 spiro atoms. The van der Waals surface area contributed by atoms with Gasteiger partial charge in [-0.25, -0.2) is 19.3 Å². The third-order valence-corrected chi connectivity index (χ3v) is 3.09. The Morgan fingerprint density at radius 3 is 2.83 bits per heavy atom. The summed E-state index contributed by atoms with van der Waals surface area (Å²) in [6.07, 6.45) is 5.82. The van der Waals surface area contributed by atoms with Gasteiger partial charge in [0, 0.05) is 13.1 Å². The second-order valence-corrected chi connectivity index (χ2v) is 4.46. The van der Waals surface area contributed by atoms with Gasteiger partial charge in [-0.15, -0.1) is 0 Å². The summed E-state index contributed by atoms with van der Waals surface area (Å²) in [5, 5.41) is 2.75. The van der Waals surface area contributed by atoms with Crippen LogP contribution in [0.3, 0.4) is 0 Å². The van der Waals surface area contributed by atoms with Crippen LogP contribution in [0.4, 0.5) is 10.2 Å². The van der Waals surface area contributed by atoms with E-state index in [0.717, 1.165) is 18.5 Å². The highest BCUT2D eigenvalue weighted by Gasteiger charge is 2.27. The Kier molecular flexibility index (Phi) is 2.50. The Labute approximate surface area is 104 Å². The topological polar surface area (TPSA) is 55.6 Å². The average Bonchev–Trinajstić information content (AvgIpc) is 3.10. The number of halogens is 1. The molecule has 2 heterocycles. The zero-order valence-corrected chi connectivity index (χ0v) is 10.3. The first-order chi connectivity index (χ1) is 8.70. The fraction of sp³-hybridized carbons (Fsp3) is 0.417. The molecule has 1 aliphatic rings. The van der Waals surface area contributed by atoms with Crippen LogP contribution >= 0.6 is 0 Å². The molecule has 1 saturated carbocycles. The van der Waals surface area contributed by atoms with Crippen LogP contribution in [0.2, 0.25) is 0 Å². The van der Waals surface area contributed by atoms with E-state index in [4.69, 9.17) is 0 Å². The monoisotopic (exact) mass is 247 g/mol. The molecule has 0 amide bonds. The predicted octanol–water partition coefficient (Wildman–Crippen LogP) is 2.16. The fourth-order valence-electron chi connectivity index (χ4n) is 1.96. The first-order valence-electron chi connectivity index (χ1n) is 5.94. The number of anilines is 1. The maximum absolute atomic E-state index is 13.7. The molecule has 1 fully saturated rings. The van der Waals surface area contributed by atoms with Crippen LogP contribution in [-0.2, 0) is 0 Å². The molecule has 2 aromatic heterocycles. The average molecular weight is 247 g/mol. The molecule has 0 aromatic carbocycles. The summed E-state index contributed by atoms with van der Waals surface area (Å²) in [4.78, 5) is 12.6. The summed E-state index contributed by atoms with van der Waals surface area (Å²) in [5.74, 6) is 0.336. The van der Waals surface area contributed by atoms with Crippen molar-refractivity contribution in [3.63, 3.8) is 0 Å². The van der Waals surface area contributed by atoms with Gasteiger partial charge in [0.25, 0.3) is 0 Å². The van der Waals surface area contributed by atoms with Crippen LogP contribution < -0.4 is 5.32 Å². The molecule has 0 radical (unpaired) electrons. The third-order valence-electron chi connectivity index (χ3n) is 3.09. The van der Waals surface area contributed by atoms with E-state index >= 15 is 0 Å². The van der Waals surface area contributed by atoms with Crippen LogP contribution in [0.15, 0.2) is 12.5 Å². The van der Waals surface area contributed by atoms with Crippen molar-refractivity contribution in [1.82, 2.24) is 19.5 Å². The molecule has 18 heavy (non-hydrogen) atoms. The van der Waals surface area contributed by atoms with Gasteiger partial charge >= 0.3 is 0 Å². The number of nitrogens with zero attached hydrogens (tertiary/aromatic N) is 4. The summed E-state index contributed by atoms with van der Waals surface area (Å²) in [5.41, 5.74) is 1.19. The molecule has 6 heteroatoms. The Hall–Kier alpha value is -1.98. The van der Waals surface area contributed by atoms with Gasteiger partial charge in [0.15, 0.2) is 17.5 Å².